The van der Waals surface area contributed by atoms with Crippen LogP contribution in [0.25, 0.3) is 0 Å². The molecule has 5 heteroatoms. The van der Waals surface area contributed by atoms with Crippen LogP contribution in [-0.4, -0.2) is 35.2 Å². The van der Waals surface area contributed by atoms with Gasteiger partial charge in [-0.2, -0.15) is 5.26 Å². The molecular weight excluding hydrogens is 230 g/mol. The number of rotatable bonds is 2. The quantitative estimate of drug-likeness (QED) is 0.836. The molecule has 0 bridgehead atoms. The largest absolute Gasteiger partial charge is 0.465 e. The first-order valence-electron chi connectivity index (χ1n) is 5.94. The van der Waals surface area contributed by atoms with Crippen molar-refractivity contribution >= 4 is 11.8 Å². The van der Waals surface area contributed by atoms with E-state index in [0.717, 1.165) is 18.5 Å². The number of anilines is 1. The van der Waals surface area contributed by atoms with Crippen molar-refractivity contribution in [1.29, 1.82) is 5.26 Å². The molecule has 1 aliphatic rings. The summed E-state index contributed by atoms with van der Waals surface area (Å²) < 4.78 is 0. The average Bonchev–Trinajstić information content (AvgIpc) is 2.40. The first-order chi connectivity index (χ1) is 8.70. The Balaban J connectivity index is 1.96. The molecule has 1 heterocycles. The zero-order valence-corrected chi connectivity index (χ0v) is 9.97. The van der Waals surface area contributed by atoms with E-state index < -0.39 is 6.09 Å². The number of hydrogen-bond donors (Lipinski definition) is 2. The highest BCUT2D eigenvalue weighted by molar-refractivity contribution is 5.65. The number of carboxylic acid groups (broad SMARTS) is 1. The Bertz CT molecular complexity index is 473. The molecule has 18 heavy (non-hydrogen) atoms. The number of carbonyl (C=O) groups is 1. The Labute approximate surface area is 106 Å². The third-order valence-corrected chi connectivity index (χ3v) is 3.17. The summed E-state index contributed by atoms with van der Waals surface area (Å²) in [5.74, 6) is 0. The Kier molecular flexibility index (Phi) is 3.68. The van der Waals surface area contributed by atoms with Crippen LogP contribution in [0.2, 0.25) is 0 Å². The first-order valence-corrected chi connectivity index (χ1v) is 5.94. The number of amides is 1. The van der Waals surface area contributed by atoms with Crippen molar-refractivity contribution in [2.45, 2.75) is 18.9 Å². The van der Waals surface area contributed by atoms with E-state index in [0.29, 0.717) is 18.7 Å². The van der Waals surface area contributed by atoms with Crippen LogP contribution in [0.1, 0.15) is 18.4 Å². The van der Waals surface area contributed by atoms with Crippen molar-refractivity contribution in [3.63, 3.8) is 0 Å². The summed E-state index contributed by atoms with van der Waals surface area (Å²) in [6, 6.07) is 9.74. The summed E-state index contributed by atoms with van der Waals surface area (Å²) in [4.78, 5) is 12.2. The van der Waals surface area contributed by atoms with Crippen molar-refractivity contribution in [3.8, 4) is 6.07 Å². The third-order valence-electron chi connectivity index (χ3n) is 3.17. The lowest BCUT2D eigenvalue weighted by atomic mass is 10.0. The normalized spacial score (nSPS) is 16.1. The maximum absolute atomic E-state index is 10.8. The standard InChI is InChI=1S/C13H15N3O2/c14-9-10-3-1-2-4-12(10)15-11-5-7-16(8-6-11)13(17)18/h1-4,11,15H,5-8H2,(H,17,18). The highest BCUT2D eigenvalue weighted by Gasteiger charge is 2.22. The van der Waals surface area contributed by atoms with Crippen molar-refractivity contribution < 1.29 is 9.90 Å². The monoisotopic (exact) mass is 245 g/mol. The molecule has 0 saturated carbocycles. The Hall–Kier alpha value is -2.22. The van der Waals surface area contributed by atoms with Crippen LogP contribution in [-0.2, 0) is 0 Å². The van der Waals surface area contributed by atoms with E-state index in [1.165, 1.54) is 4.90 Å². The van der Waals surface area contributed by atoms with Crippen LogP contribution in [0.3, 0.4) is 0 Å². The van der Waals surface area contributed by atoms with Crippen LogP contribution < -0.4 is 5.32 Å². The van der Waals surface area contributed by atoms with Gasteiger partial charge in [0, 0.05) is 19.1 Å². The lowest BCUT2D eigenvalue weighted by molar-refractivity contribution is 0.134. The van der Waals surface area contributed by atoms with Gasteiger partial charge >= 0.3 is 6.09 Å². The van der Waals surface area contributed by atoms with Gasteiger partial charge in [0.2, 0.25) is 0 Å². The molecule has 94 valence electrons. The predicted octanol–water partition coefficient (Wildman–Crippen LogP) is 2.11. The third kappa shape index (κ3) is 2.72. The number of hydrogen-bond acceptors (Lipinski definition) is 3. The molecule has 0 radical (unpaired) electrons. The molecule has 0 spiro atoms. The maximum atomic E-state index is 10.8. The van der Waals surface area contributed by atoms with Crippen LogP contribution in [0.5, 0.6) is 0 Å². The Morgan fingerprint density at radius 3 is 2.67 bits per heavy atom. The molecule has 1 fully saturated rings. The summed E-state index contributed by atoms with van der Waals surface area (Å²) >= 11 is 0. The Morgan fingerprint density at radius 2 is 2.06 bits per heavy atom. The zero-order chi connectivity index (χ0) is 13.0. The fourth-order valence-electron chi connectivity index (χ4n) is 2.14. The number of nitriles is 1. The molecule has 1 aromatic rings. The number of para-hydroxylation sites is 1. The van der Waals surface area contributed by atoms with Gasteiger partial charge in [0.15, 0.2) is 0 Å². The number of benzene rings is 1. The number of nitrogens with one attached hydrogen (secondary N) is 1. The van der Waals surface area contributed by atoms with E-state index in [-0.39, 0.29) is 6.04 Å². The van der Waals surface area contributed by atoms with Gasteiger partial charge in [0.1, 0.15) is 6.07 Å². The molecule has 0 unspecified atom stereocenters. The lowest BCUT2D eigenvalue weighted by Crippen LogP contribution is -2.41. The van der Waals surface area contributed by atoms with E-state index >= 15 is 0 Å². The summed E-state index contributed by atoms with van der Waals surface area (Å²) in [7, 11) is 0. The lowest BCUT2D eigenvalue weighted by Gasteiger charge is -2.31. The highest BCUT2D eigenvalue weighted by atomic mass is 16.4. The second kappa shape index (κ2) is 5.41. The van der Waals surface area contributed by atoms with Gasteiger partial charge in [0.05, 0.1) is 11.3 Å². The summed E-state index contributed by atoms with van der Waals surface area (Å²) in [6.07, 6.45) is 0.684. The van der Waals surface area contributed by atoms with Gasteiger partial charge in [-0.05, 0) is 25.0 Å². The molecule has 0 atom stereocenters. The zero-order valence-electron chi connectivity index (χ0n) is 9.97. The van der Waals surface area contributed by atoms with Gasteiger partial charge in [-0.25, -0.2) is 4.79 Å². The molecule has 1 aromatic carbocycles. The van der Waals surface area contributed by atoms with E-state index in [9.17, 15) is 4.79 Å². The molecule has 1 saturated heterocycles. The molecular formula is C13H15N3O2. The molecule has 0 aliphatic carbocycles. The van der Waals surface area contributed by atoms with Gasteiger partial charge < -0.3 is 15.3 Å². The van der Waals surface area contributed by atoms with Gasteiger partial charge in [0.25, 0.3) is 0 Å². The van der Waals surface area contributed by atoms with E-state index in [1.807, 2.05) is 18.2 Å². The molecule has 1 amide bonds. The highest BCUT2D eigenvalue weighted by Crippen LogP contribution is 2.19. The predicted molar refractivity (Wildman–Crippen MR) is 67.4 cm³/mol. The Morgan fingerprint density at radius 1 is 1.39 bits per heavy atom. The molecule has 0 aromatic heterocycles. The molecule has 1 aliphatic heterocycles. The second-order valence-electron chi connectivity index (χ2n) is 4.35. The van der Waals surface area contributed by atoms with Crippen molar-refractivity contribution in [1.82, 2.24) is 4.90 Å². The van der Waals surface area contributed by atoms with Crippen LogP contribution >= 0.6 is 0 Å². The summed E-state index contributed by atoms with van der Waals surface area (Å²) in [6.45, 7) is 1.09. The minimum Gasteiger partial charge on any atom is -0.465 e. The van der Waals surface area contributed by atoms with Crippen LogP contribution in [0.15, 0.2) is 24.3 Å². The van der Waals surface area contributed by atoms with Crippen LogP contribution in [0, 0.1) is 11.3 Å². The topological polar surface area (TPSA) is 76.4 Å². The molecule has 2 rings (SSSR count). The van der Waals surface area contributed by atoms with Crippen LogP contribution in [0.4, 0.5) is 10.5 Å². The maximum Gasteiger partial charge on any atom is 0.407 e. The van der Waals surface area contributed by atoms with Crippen molar-refractivity contribution in [2.75, 3.05) is 18.4 Å². The number of likely N-dealkylation sites (tertiary alicyclic amines) is 1. The van der Waals surface area contributed by atoms with E-state index in [1.54, 1.807) is 6.07 Å². The summed E-state index contributed by atoms with van der Waals surface area (Å²) in [5, 5.41) is 21.2. The second-order valence-corrected chi connectivity index (χ2v) is 4.35. The average molecular weight is 245 g/mol. The first kappa shape index (κ1) is 12.2. The van der Waals surface area contributed by atoms with Gasteiger partial charge in [-0.15, -0.1) is 0 Å². The van der Waals surface area contributed by atoms with Crippen molar-refractivity contribution in [2.24, 2.45) is 0 Å². The SMILES string of the molecule is N#Cc1ccccc1NC1CCN(C(=O)O)CC1. The molecule has 2 N–H and O–H groups in total. The summed E-state index contributed by atoms with van der Waals surface area (Å²) in [5.41, 5.74) is 1.45. The van der Waals surface area contributed by atoms with Crippen molar-refractivity contribution in [3.05, 3.63) is 29.8 Å². The number of nitrogens with zero attached hydrogens (tertiary/aromatic N) is 2. The fourth-order valence-corrected chi connectivity index (χ4v) is 2.14. The smallest absolute Gasteiger partial charge is 0.407 e. The number of piperidine rings is 1. The fraction of sp³-hybridized carbons (Fsp3) is 0.385. The van der Waals surface area contributed by atoms with E-state index in [4.69, 9.17) is 10.4 Å². The molecule has 5 nitrogen and oxygen atoms in total. The minimum absolute atomic E-state index is 0.232. The van der Waals surface area contributed by atoms with Gasteiger partial charge in [-0.3, -0.25) is 0 Å². The van der Waals surface area contributed by atoms with E-state index in [2.05, 4.69) is 11.4 Å². The minimum atomic E-state index is -0.856. The van der Waals surface area contributed by atoms with Gasteiger partial charge in [-0.1, -0.05) is 12.1 Å².